The molecule has 2 aliphatic carbocycles. The van der Waals surface area contributed by atoms with E-state index in [1.807, 2.05) is 6.07 Å². The van der Waals surface area contributed by atoms with E-state index in [-0.39, 0.29) is 23.6 Å². The van der Waals surface area contributed by atoms with Gasteiger partial charge in [-0.1, -0.05) is 18.9 Å². The Morgan fingerprint density at radius 2 is 1.60 bits per heavy atom. The van der Waals surface area contributed by atoms with Gasteiger partial charge in [0.1, 0.15) is 22.5 Å². The molecule has 0 bridgehead atoms. The SMILES string of the molecule is CN(C)C(=O)c1cc2cnc(Nc3ccc(NC(=O)C4(C(=O)Nc5cccc(O)c5)CC4)cc3)nc2n1C1CCCC1. The second kappa shape index (κ2) is 10.8. The maximum Gasteiger partial charge on any atom is 0.270 e. The Kier molecular flexibility index (Phi) is 7.01. The molecule has 216 valence electrons. The molecular weight excluding hydrogens is 534 g/mol. The molecule has 11 nitrogen and oxygen atoms in total. The Bertz CT molecular complexity index is 1670. The minimum atomic E-state index is -1.13. The zero-order chi connectivity index (χ0) is 29.4. The van der Waals surface area contributed by atoms with Gasteiger partial charge in [-0.25, -0.2) is 4.98 Å². The number of amides is 3. The van der Waals surface area contributed by atoms with Crippen LogP contribution in [0.3, 0.4) is 0 Å². The Labute approximate surface area is 243 Å². The van der Waals surface area contributed by atoms with Crippen molar-refractivity contribution in [1.82, 2.24) is 19.4 Å². The summed E-state index contributed by atoms with van der Waals surface area (Å²) in [4.78, 5) is 49.7. The van der Waals surface area contributed by atoms with Gasteiger partial charge >= 0.3 is 0 Å². The number of nitrogens with one attached hydrogen (secondary N) is 3. The quantitative estimate of drug-likeness (QED) is 0.218. The molecule has 0 saturated heterocycles. The van der Waals surface area contributed by atoms with Crippen molar-refractivity contribution in [3.05, 3.63) is 66.5 Å². The van der Waals surface area contributed by atoms with Crippen LogP contribution in [0.2, 0.25) is 0 Å². The van der Waals surface area contributed by atoms with Crippen LogP contribution < -0.4 is 16.0 Å². The van der Waals surface area contributed by atoms with Gasteiger partial charge in [0.15, 0.2) is 0 Å². The van der Waals surface area contributed by atoms with Crippen LogP contribution in [0.4, 0.5) is 23.0 Å². The summed E-state index contributed by atoms with van der Waals surface area (Å²) in [7, 11) is 3.50. The molecule has 0 spiro atoms. The molecule has 2 aromatic carbocycles. The van der Waals surface area contributed by atoms with Crippen LogP contribution in [0.25, 0.3) is 11.0 Å². The van der Waals surface area contributed by atoms with Crippen molar-refractivity contribution in [3.63, 3.8) is 0 Å². The average molecular weight is 568 g/mol. The molecular formula is C31H33N7O4. The highest BCUT2D eigenvalue weighted by Crippen LogP contribution is 2.47. The van der Waals surface area contributed by atoms with Crippen LogP contribution >= 0.6 is 0 Å². The van der Waals surface area contributed by atoms with Crippen molar-refractivity contribution in [1.29, 1.82) is 0 Å². The number of phenolic OH excluding ortho intramolecular Hbond substituents is 1. The van der Waals surface area contributed by atoms with Crippen molar-refractivity contribution in [2.45, 2.75) is 44.6 Å². The van der Waals surface area contributed by atoms with E-state index in [0.717, 1.165) is 42.4 Å². The van der Waals surface area contributed by atoms with Gasteiger partial charge in [0, 0.05) is 54.8 Å². The number of aromatic nitrogens is 3. The number of rotatable bonds is 8. The van der Waals surface area contributed by atoms with Gasteiger partial charge in [0.25, 0.3) is 5.91 Å². The van der Waals surface area contributed by atoms with Gasteiger partial charge in [0.05, 0.1) is 0 Å². The number of nitrogens with zero attached hydrogens (tertiary/aromatic N) is 4. The standard InChI is InChI=1S/C31H33N7O4/c1-37(2)27(40)25-16-19-18-32-30(36-26(19)38(25)23-7-3-4-8-23)35-21-12-10-20(11-13-21)33-28(41)31(14-15-31)29(42)34-22-6-5-9-24(39)17-22/h5-6,9-13,16-18,23,39H,3-4,7-8,14-15H2,1-2H3,(H,33,41)(H,34,42)(H,32,35,36). The van der Waals surface area contributed by atoms with E-state index >= 15 is 0 Å². The van der Waals surface area contributed by atoms with Crippen molar-refractivity contribution in [2.24, 2.45) is 5.41 Å². The van der Waals surface area contributed by atoms with E-state index in [1.54, 1.807) is 61.6 Å². The molecule has 2 aromatic heterocycles. The lowest BCUT2D eigenvalue weighted by atomic mass is 10.0. The fourth-order valence-corrected chi connectivity index (χ4v) is 5.53. The largest absolute Gasteiger partial charge is 0.508 e. The summed E-state index contributed by atoms with van der Waals surface area (Å²) in [6.07, 6.45) is 6.91. The highest BCUT2D eigenvalue weighted by molar-refractivity contribution is 6.17. The maximum absolute atomic E-state index is 13.0. The van der Waals surface area contributed by atoms with Crippen LogP contribution in [-0.4, -0.2) is 56.4 Å². The Morgan fingerprint density at radius 1 is 0.929 bits per heavy atom. The summed E-state index contributed by atoms with van der Waals surface area (Å²) in [5, 5.41) is 19.3. The van der Waals surface area contributed by atoms with E-state index < -0.39 is 11.3 Å². The van der Waals surface area contributed by atoms with Crippen molar-refractivity contribution in [2.75, 3.05) is 30.0 Å². The Morgan fingerprint density at radius 3 is 2.24 bits per heavy atom. The first-order valence-electron chi connectivity index (χ1n) is 14.1. The highest BCUT2D eigenvalue weighted by Gasteiger charge is 2.56. The zero-order valence-electron chi connectivity index (χ0n) is 23.6. The van der Waals surface area contributed by atoms with Crippen molar-refractivity contribution >= 4 is 51.8 Å². The molecule has 0 aliphatic heterocycles. The maximum atomic E-state index is 13.0. The minimum Gasteiger partial charge on any atom is -0.508 e. The third kappa shape index (κ3) is 5.25. The second-order valence-corrected chi connectivity index (χ2v) is 11.3. The molecule has 11 heteroatoms. The Hall–Kier alpha value is -4.93. The predicted molar refractivity (Wildman–Crippen MR) is 160 cm³/mol. The molecule has 0 unspecified atom stereocenters. The third-order valence-corrected chi connectivity index (χ3v) is 8.01. The van der Waals surface area contributed by atoms with Gasteiger partial charge in [-0.2, -0.15) is 4.98 Å². The third-order valence-electron chi connectivity index (χ3n) is 8.01. The van der Waals surface area contributed by atoms with Crippen molar-refractivity contribution in [3.8, 4) is 5.75 Å². The zero-order valence-corrected chi connectivity index (χ0v) is 23.6. The Balaban J connectivity index is 1.15. The lowest BCUT2D eigenvalue weighted by Crippen LogP contribution is -2.35. The first kappa shape index (κ1) is 27.3. The van der Waals surface area contributed by atoms with Gasteiger partial charge < -0.3 is 30.5 Å². The predicted octanol–water partition coefficient (Wildman–Crippen LogP) is 5.05. The van der Waals surface area contributed by atoms with E-state index in [0.29, 0.717) is 35.9 Å². The summed E-state index contributed by atoms with van der Waals surface area (Å²) in [6.45, 7) is 0. The fraction of sp³-hybridized carbons (Fsp3) is 0.323. The van der Waals surface area contributed by atoms with Gasteiger partial charge in [-0.3, -0.25) is 14.4 Å². The molecule has 42 heavy (non-hydrogen) atoms. The number of phenols is 1. The topological polar surface area (TPSA) is 141 Å². The van der Waals surface area contributed by atoms with Crippen LogP contribution in [0, 0.1) is 5.41 Å². The van der Waals surface area contributed by atoms with E-state index in [4.69, 9.17) is 4.98 Å². The molecule has 2 saturated carbocycles. The fourth-order valence-electron chi connectivity index (χ4n) is 5.53. The molecule has 0 radical (unpaired) electrons. The van der Waals surface area contributed by atoms with Crippen LogP contribution in [-0.2, 0) is 9.59 Å². The second-order valence-electron chi connectivity index (χ2n) is 11.3. The van der Waals surface area contributed by atoms with Gasteiger partial charge in [0.2, 0.25) is 17.8 Å². The monoisotopic (exact) mass is 567 g/mol. The first-order valence-corrected chi connectivity index (χ1v) is 14.1. The molecule has 0 atom stereocenters. The number of fused-ring (bicyclic) bond motifs is 1. The van der Waals surface area contributed by atoms with Gasteiger partial charge in [-0.05, 0) is 68.1 Å². The average Bonchev–Trinajstić information content (AvgIpc) is 3.45. The number of hydrogen-bond donors (Lipinski definition) is 4. The summed E-state index contributed by atoms with van der Waals surface area (Å²) in [6, 6.07) is 15.4. The number of hydrogen-bond acceptors (Lipinski definition) is 7. The lowest BCUT2D eigenvalue weighted by molar-refractivity contribution is -0.131. The number of carbonyl (C=O) groups excluding carboxylic acids is 3. The van der Waals surface area contributed by atoms with E-state index in [1.165, 1.54) is 12.1 Å². The molecule has 2 aliphatic rings. The van der Waals surface area contributed by atoms with Crippen LogP contribution in [0.15, 0.2) is 60.8 Å². The molecule has 2 fully saturated rings. The number of aromatic hydroxyl groups is 1. The van der Waals surface area contributed by atoms with Crippen LogP contribution in [0.1, 0.15) is 55.1 Å². The van der Waals surface area contributed by atoms with E-state index in [9.17, 15) is 19.5 Å². The highest BCUT2D eigenvalue weighted by atomic mass is 16.3. The van der Waals surface area contributed by atoms with Gasteiger partial charge in [-0.15, -0.1) is 0 Å². The van der Waals surface area contributed by atoms with E-state index in [2.05, 4.69) is 25.5 Å². The normalized spacial score (nSPS) is 15.8. The molecule has 2 heterocycles. The summed E-state index contributed by atoms with van der Waals surface area (Å²) >= 11 is 0. The minimum absolute atomic E-state index is 0.0353. The number of anilines is 4. The van der Waals surface area contributed by atoms with Crippen molar-refractivity contribution < 1.29 is 19.5 Å². The summed E-state index contributed by atoms with van der Waals surface area (Å²) < 4.78 is 2.07. The lowest BCUT2D eigenvalue weighted by Gasteiger charge is -2.19. The molecule has 4 aromatic rings. The summed E-state index contributed by atoms with van der Waals surface area (Å²) in [5.41, 5.74) is 1.93. The summed E-state index contributed by atoms with van der Waals surface area (Å²) in [5.74, 6) is -0.384. The molecule has 3 amide bonds. The molecule has 4 N–H and O–H groups in total. The van der Waals surface area contributed by atoms with Crippen LogP contribution in [0.5, 0.6) is 5.75 Å². The number of benzene rings is 2. The number of carbonyl (C=O) groups is 3. The smallest absolute Gasteiger partial charge is 0.270 e. The molecule has 6 rings (SSSR count). The first-order chi connectivity index (χ1) is 20.2.